The van der Waals surface area contributed by atoms with Gasteiger partial charge in [0.2, 0.25) is 0 Å². The van der Waals surface area contributed by atoms with Crippen LogP contribution in [0, 0.1) is 0 Å². The molecule has 0 aromatic heterocycles. The van der Waals surface area contributed by atoms with Crippen molar-refractivity contribution in [1.29, 1.82) is 0 Å². The van der Waals surface area contributed by atoms with Crippen molar-refractivity contribution in [2.75, 3.05) is 0 Å². The first-order valence-corrected chi connectivity index (χ1v) is 8.55. The third-order valence-electron chi connectivity index (χ3n) is 2.21. The molecule has 0 rings (SSSR count). The van der Waals surface area contributed by atoms with Crippen LogP contribution in [0.3, 0.4) is 0 Å². The van der Waals surface area contributed by atoms with E-state index in [-0.39, 0.29) is 68.9 Å². The van der Waals surface area contributed by atoms with Gasteiger partial charge in [-0.15, -0.1) is 0 Å². The summed E-state index contributed by atoms with van der Waals surface area (Å²) >= 11 is 0. The number of Topliss-reactive ketones (excluding diaryl/α,β-unsaturated/α-hetero) is 3. The first-order chi connectivity index (χ1) is 12.7. The van der Waals surface area contributed by atoms with Crippen molar-refractivity contribution in [3.05, 3.63) is 0 Å². The Morgan fingerprint density at radius 1 is 0.621 bits per heavy atom. The van der Waals surface area contributed by atoms with Gasteiger partial charge in [0.05, 0.1) is 0 Å². The van der Waals surface area contributed by atoms with Crippen LogP contribution in [0.2, 0.25) is 0 Å². The molecule has 165 valence electrons. The monoisotopic (exact) mass is 495 g/mol. The van der Waals surface area contributed by atoms with Crippen LogP contribution < -0.4 is 15.3 Å². The molecule has 0 aliphatic rings. The SMILES string of the molecule is CC(C)O.CCC(=O)CC(=O)[O-].CCC(=O)CC(=O)[O-].CCC(=O)CC(=O)[O-].[Zr+3]. The number of aliphatic carboxylic acids is 3. The number of hydrogen-bond acceptors (Lipinski definition) is 10. The number of hydrogen-bond donors (Lipinski definition) is 1. The van der Waals surface area contributed by atoms with Crippen LogP contribution in [0.4, 0.5) is 0 Å². The predicted molar refractivity (Wildman–Crippen MR) is 92.1 cm³/mol. The molecule has 1 radical (unpaired) electrons. The minimum Gasteiger partial charge on any atom is -0.550 e. The Labute approximate surface area is 189 Å². The van der Waals surface area contributed by atoms with E-state index < -0.39 is 37.2 Å². The van der Waals surface area contributed by atoms with Crippen molar-refractivity contribution >= 4 is 35.3 Å². The van der Waals surface area contributed by atoms with Gasteiger partial charge in [-0.1, -0.05) is 20.8 Å². The van der Waals surface area contributed by atoms with Gasteiger partial charge in [-0.05, 0) is 13.8 Å². The molecule has 0 heterocycles. The van der Waals surface area contributed by atoms with Crippen molar-refractivity contribution in [3.63, 3.8) is 0 Å². The number of aliphatic hydroxyl groups is 1. The zero-order valence-electron chi connectivity index (χ0n) is 17.4. The average Bonchev–Trinajstić information content (AvgIpc) is 2.53. The third kappa shape index (κ3) is 58.5. The maximum absolute atomic E-state index is 10.2. The van der Waals surface area contributed by atoms with Crippen molar-refractivity contribution in [1.82, 2.24) is 0 Å². The third-order valence-corrected chi connectivity index (χ3v) is 2.21. The second-order valence-corrected chi connectivity index (χ2v) is 5.42. The smallest absolute Gasteiger partial charge is 0.550 e. The molecule has 0 unspecified atom stereocenters. The molecule has 0 saturated carbocycles. The fourth-order valence-electron chi connectivity index (χ4n) is 0.858. The van der Waals surface area contributed by atoms with E-state index in [9.17, 15) is 44.1 Å². The molecule has 0 amide bonds. The fraction of sp³-hybridized carbons (Fsp3) is 0.667. The largest absolute Gasteiger partial charge is 3.00 e. The second-order valence-electron chi connectivity index (χ2n) is 5.42. The van der Waals surface area contributed by atoms with Gasteiger partial charge in [0.1, 0.15) is 17.3 Å². The first kappa shape index (κ1) is 37.9. The summed E-state index contributed by atoms with van der Waals surface area (Å²) in [6.45, 7) is 8.29. The minimum absolute atomic E-state index is 0. The van der Waals surface area contributed by atoms with E-state index in [1.807, 2.05) is 0 Å². The van der Waals surface area contributed by atoms with Crippen LogP contribution in [-0.4, -0.2) is 46.5 Å². The Kier molecular flexibility index (Phi) is 34.4. The number of ketones is 3. The quantitative estimate of drug-likeness (QED) is 0.339. The van der Waals surface area contributed by atoms with Crippen molar-refractivity contribution < 1.29 is 75.4 Å². The van der Waals surface area contributed by atoms with Crippen LogP contribution in [-0.2, 0) is 55.0 Å². The molecule has 10 nitrogen and oxygen atoms in total. The molecule has 0 aliphatic carbocycles. The molecule has 0 aromatic rings. The zero-order valence-corrected chi connectivity index (χ0v) is 19.9. The summed E-state index contributed by atoms with van der Waals surface area (Å²) in [4.78, 5) is 59.5. The number of carbonyl (C=O) groups excluding carboxylic acids is 6. The van der Waals surface area contributed by atoms with E-state index in [1.165, 1.54) is 0 Å². The normalized spacial score (nSPS) is 8.38. The maximum Gasteiger partial charge on any atom is 3.00 e. The van der Waals surface area contributed by atoms with Crippen molar-refractivity contribution in [2.45, 2.75) is 79.2 Å². The molecule has 0 bridgehead atoms. The Morgan fingerprint density at radius 3 is 0.793 bits per heavy atom. The predicted octanol–water partition coefficient (Wildman–Crippen LogP) is -2.30. The molecule has 0 aliphatic heterocycles. The van der Waals surface area contributed by atoms with Gasteiger partial charge in [0, 0.05) is 62.5 Å². The minimum atomic E-state index is -1.29. The van der Waals surface area contributed by atoms with Gasteiger partial charge in [0.15, 0.2) is 0 Å². The standard InChI is InChI=1S/3C5H8O3.C3H8O.Zr/c3*1-2-4(6)3-5(7)8;1-3(2)4;/h3*2-3H2,1H3,(H,7,8);3-4H,1-2H3;/q;;;;+3/p-3. The van der Waals surface area contributed by atoms with Crippen LogP contribution >= 0.6 is 0 Å². The van der Waals surface area contributed by atoms with Crippen LogP contribution in [0.25, 0.3) is 0 Å². The van der Waals surface area contributed by atoms with Gasteiger partial charge in [-0.2, -0.15) is 0 Å². The van der Waals surface area contributed by atoms with E-state index in [2.05, 4.69) is 0 Å². The van der Waals surface area contributed by atoms with Crippen LogP contribution in [0.1, 0.15) is 73.1 Å². The van der Waals surface area contributed by atoms with Crippen molar-refractivity contribution in [2.24, 2.45) is 0 Å². The second kappa shape index (κ2) is 26.3. The Bertz CT molecular complexity index is 432. The van der Waals surface area contributed by atoms with E-state index in [0.717, 1.165) is 0 Å². The summed E-state index contributed by atoms with van der Waals surface area (Å²) in [5.74, 6) is -4.74. The fourth-order valence-corrected chi connectivity index (χ4v) is 0.858. The van der Waals surface area contributed by atoms with Gasteiger partial charge in [-0.25, -0.2) is 0 Å². The molecule has 29 heavy (non-hydrogen) atoms. The Morgan fingerprint density at radius 2 is 0.759 bits per heavy atom. The number of carbonyl (C=O) groups is 6. The van der Waals surface area contributed by atoms with Gasteiger partial charge < -0.3 is 34.8 Å². The summed E-state index contributed by atoms with van der Waals surface area (Å²) in [7, 11) is 0. The molecule has 11 heteroatoms. The topological polar surface area (TPSA) is 192 Å². The number of aliphatic hydroxyl groups excluding tert-OH is 1. The molecule has 0 atom stereocenters. The van der Waals surface area contributed by atoms with Crippen LogP contribution in [0.5, 0.6) is 0 Å². The summed E-state index contributed by atoms with van der Waals surface area (Å²) in [6.07, 6.45) is -0.695. The van der Waals surface area contributed by atoms with Crippen molar-refractivity contribution in [3.8, 4) is 0 Å². The zero-order chi connectivity index (χ0) is 23.3. The summed E-state index contributed by atoms with van der Waals surface area (Å²) in [5, 5.41) is 37.0. The van der Waals surface area contributed by atoms with Crippen LogP contribution in [0.15, 0.2) is 0 Å². The molecule has 0 aromatic carbocycles. The summed E-state index contributed by atoms with van der Waals surface area (Å²) in [6, 6.07) is 0. The Balaban J connectivity index is -0.0000000896. The van der Waals surface area contributed by atoms with E-state index in [4.69, 9.17) is 5.11 Å². The molecular weight excluding hydrogens is 467 g/mol. The molecule has 1 N–H and O–H groups in total. The maximum atomic E-state index is 10.2. The van der Waals surface area contributed by atoms with E-state index in [0.29, 0.717) is 0 Å². The van der Waals surface area contributed by atoms with E-state index >= 15 is 0 Å². The van der Waals surface area contributed by atoms with Gasteiger partial charge in [-0.3, -0.25) is 14.4 Å². The van der Waals surface area contributed by atoms with E-state index in [1.54, 1.807) is 34.6 Å². The number of carboxylic acid groups (broad SMARTS) is 3. The summed E-state index contributed by atoms with van der Waals surface area (Å²) < 4.78 is 0. The molecular formula is C18H29O10Zr. The summed E-state index contributed by atoms with van der Waals surface area (Å²) in [5.41, 5.74) is 0. The number of carboxylic acids is 3. The van der Waals surface area contributed by atoms with Gasteiger partial charge in [0.25, 0.3) is 0 Å². The first-order valence-electron chi connectivity index (χ1n) is 8.55. The molecule has 0 saturated heterocycles. The molecule has 0 spiro atoms. The number of rotatable bonds is 9. The average molecular weight is 497 g/mol. The van der Waals surface area contributed by atoms with Gasteiger partial charge >= 0.3 is 26.2 Å². The Hall–Kier alpha value is -1.74. The molecule has 0 fully saturated rings.